The third-order valence-electron chi connectivity index (χ3n) is 3.38. The maximum absolute atomic E-state index is 12.0. The molecule has 0 saturated heterocycles. The Bertz CT molecular complexity index is 847. The number of carbonyl (C=O) groups is 1. The summed E-state index contributed by atoms with van der Waals surface area (Å²) >= 11 is 6.22. The number of ether oxygens (including phenoxy) is 2. The first-order chi connectivity index (χ1) is 13.1. The van der Waals surface area contributed by atoms with Crippen molar-refractivity contribution in [3.8, 4) is 23.8 Å². The molecule has 2 rings (SSSR count). The molecule has 0 bridgehead atoms. The summed E-state index contributed by atoms with van der Waals surface area (Å²) in [4.78, 5) is 12.0. The lowest BCUT2D eigenvalue weighted by atomic mass is 10.1. The van der Waals surface area contributed by atoms with E-state index in [1.807, 2.05) is 6.92 Å². The molecule has 2 aromatic carbocycles. The number of aliphatic hydroxyl groups excluding tert-OH is 1. The van der Waals surface area contributed by atoms with E-state index in [-0.39, 0.29) is 6.61 Å². The number of nitrogens with one attached hydrogen (secondary N) is 1. The van der Waals surface area contributed by atoms with Crippen molar-refractivity contribution < 1.29 is 19.4 Å². The molecule has 7 heteroatoms. The van der Waals surface area contributed by atoms with Gasteiger partial charge in [-0.2, -0.15) is 5.10 Å². The van der Waals surface area contributed by atoms with Crippen LogP contribution >= 0.6 is 11.6 Å². The minimum atomic E-state index is -1.31. The van der Waals surface area contributed by atoms with Crippen molar-refractivity contribution >= 4 is 23.7 Å². The van der Waals surface area contributed by atoms with Gasteiger partial charge in [-0.1, -0.05) is 47.9 Å². The molecule has 0 aromatic heterocycles. The van der Waals surface area contributed by atoms with E-state index >= 15 is 0 Å². The molecule has 1 amide bonds. The summed E-state index contributed by atoms with van der Waals surface area (Å²) in [5.41, 5.74) is 3.34. The Hall–Kier alpha value is -3.01. The van der Waals surface area contributed by atoms with Gasteiger partial charge in [0.25, 0.3) is 5.91 Å². The van der Waals surface area contributed by atoms with Gasteiger partial charge in [0, 0.05) is 0 Å². The lowest BCUT2D eigenvalue weighted by Crippen LogP contribution is -2.25. The van der Waals surface area contributed by atoms with E-state index in [0.717, 1.165) is 0 Å². The van der Waals surface area contributed by atoms with Crippen molar-refractivity contribution in [3.05, 3.63) is 58.6 Å². The lowest BCUT2D eigenvalue weighted by Gasteiger charge is -2.13. The molecular weight excluding hydrogens is 368 g/mol. The minimum absolute atomic E-state index is 0.0562. The molecule has 0 radical (unpaired) electrons. The van der Waals surface area contributed by atoms with Gasteiger partial charge >= 0.3 is 0 Å². The van der Waals surface area contributed by atoms with Crippen LogP contribution in [0.1, 0.15) is 24.2 Å². The smallest absolute Gasteiger partial charge is 0.273 e. The van der Waals surface area contributed by atoms with Crippen LogP contribution < -0.4 is 14.9 Å². The molecule has 2 aromatic rings. The SMILES string of the molecule is C#CCOc1c(Cl)cc(/C=N\NC(=O)[C@@H](O)c2ccccc2)cc1OCC. The highest BCUT2D eigenvalue weighted by Gasteiger charge is 2.16. The maximum Gasteiger partial charge on any atom is 0.273 e. The number of carbonyl (C=O) groups excluding carboxylic acids is 1. The molecule has 1 atom stereocenters. The van der Waals surface area contributed by atoms with E-state index in [1.54, 1.807) is 42.5 Å². The monoisotopic (exact) mass is 386 g/mol. The normalized spacial score (nSPS) is 11.6. The summed E-state index contributed by atoms with van der Waals surface area (Å²) in [6.07, 6.45) is 5.27. The predicted octanol–water partition coefficient (Wildman–Crippen LogP) is 2.93. The molecule has 0 saturated carbocycles. The van der Waals surface area contributed by atoms with E-state index in [9.17, 15) is 9.90 Å². The minimum Gasteiger partial charge on any atom is -0.490 e. The molecule has 0 aliphatic carbocycles. The summed E-state index contributed by atoms with van der Waals surface area (Å²) in [7, 11) is 0. The Morgan fingerprint density at radius 1 is 1.37 bits per heavy atom. The zero-order chi connectivity index (χ0) is 19.6. The lowest BCUT2D eigenvalue weighted by molar-refractivity contribution is -0.129. The van der Waals surface area contributed by atoms with Gasteiger partial charge in [-0.15, -0.1) is 6.42 Å². The van der Waals surface area contributed by atoms with Gasteiger partial charge in [0.15, 0.2) is 17.6 Å². The highest BCUT2D eigenvalue weighted by Crippen LogP contribution is 2.36. The molecule has 27 heavy (non-hydrogen) atoms. The van der Waals surface area contributed by atoms with Crippen LogP contribution in [0, 0.1) is 12.3 Å². The number of aliphatic hydroxyl groups is 1. The van der Waals surface area contributed by atoms with Crippen LogP contribution in [0.4, 0.5) is 0 Å². The zero-order valence-corrected chi connectivity index (χ0v) is 15.4. The number of hydrogen-bond donors (Lipinski definition) is 2. The molecule has 0 aliphatic rings. The number of hydrazone groups is 1. The van der Waals surface area contributed by atoms with E-state index in [2.05, 4.69) is 16.4 Å². The molecule has 2 N–H and O–H groups in total. The van der Waals surface area contributed by atoms with Gasteiger partial charge in [-0.25, -0.2) is 5.43 Å². The highest BCUT2D eigenvalue weighted by molar-refractivity contribution is 6.32. The summed E-state index contributed by atoms with van der Waals surface area (Å²) in [6, 6.07) is 11.8. The average molecular weight is 387 g/mol. The van der Waals surface area contributed by atoms with Crippen molar-refractivity contribution in [1.29, 1.82) is 0 Å². The zero-order valence-electron chi connectivity index (χ0n) is 14.7. The number of amides is 1. The predicted molar refractivity (Wildman–Crippen MR) is 104 cm³/mol. The van der Waals surface area contributed by atoms with Gasteiger partial charge in [0.2, 0.25) is 0 Å². The maximum atomic E-state index is 12.0. The summed E-state index contributed by atoms with van der Waals surface area (Å²) in [5.74, 6) is 2.47. The molecule has 0 fully saturated rings. The van der Waals surface area contributed by atoms with E-state index in [4.69, 9.17) is 27.5 Å². The fourth-order valence-electron chi connectivity index (χ4n) is 2.20. The number of halogens is 1. The van der Waals surface area contributed by atoms with E-state index in [1.165, 1.54) is 6.21 Å². The first-order valence-corrected chi connectivity index (χ1v) is 8.53. The van der Waals surface area contributed by atoms with Crippen LogP contribution in [0.5, 0.6) is 11.5 Å². The molecule has 6 nitrogen and oxygen atoms in total. The first-order valence-electron chi connectivity index (χ1n) is 8.15. The molecule has 0 heterocycles. The third-order valence-corrected chi connectivity index (χ3v) is 3.66. The molecule has 0 unspecified atom stereocenters. The molecule has 0 spiro atoms. The quantitative estimate of drug-likeness (QED) is 0.415. The Balaban J connectivity index is 2.09. The largest absolute Gasteiger partial charge is 0.490 e. The number of terminal acetylenes is 1. The third kappa shape index (κ3) is 5.74. The topological polar surface area (TPSA) is 80.2 Å². The molecule has 0 aliphatic heterocycles. The fraction of sp³-hybridized carbons (Fsp3) is 0.200. The Kier molecular flexibility index (Phi) is 7.68. The standard InChI is InChI=1S/C20H19ClN2O4/c1-3-10-27-19-16(21)11-14(12-17(19)26-4-2)13-22-23-20(25)18(24)15-8-6-5-7-9-15/h1,5-9,11-13,18,24H,4,10H2,2H3,(H,23,25)/b22-13-/t18-/m0/s1. The van der Waals surface area contributed by atoms with Gasteiger partial charge in [-0.3, -0.25) is 4.79 Å². The Labute approximate surface area is 162 Å². The second-order valence-corrected chi connectivity index (χ2v) is 5.71. The van der Waals surface area contributed by atoms with Crippen LogP contribution in [0.3, 0.4) is 0 Å². The second-order valence-electron chi connectivity index (χ2n) is 5.30. The number of nitrogens with zero attached hydrogens (tertiary/aromatic N) is 1. The van der Waals surface area contributed by atoms with Crippen LogP contribution in [-0.4, -0.2) is 30.4 Å². The van der Waals surface area contributed by atoms with Crippen molar-refractivity contribution in [2.45, 2.75) is 13.0 Å². The fourth-order valence-corrected chi connectivity index (χ4v) is 2.47. The average Bonchev–Trinajstić information content (AvgIpc) is 2.67. The van der Waals surface area contributed by atoms with E-state index in [0.29, 0.717) is 34.3 Å². The first kappa shape index (κ1) is 20.3. The Morgan fingerprint density at radius 2 is 2.11 bits per heavy atom. The Morgan fingerprint density at radius 3 is 2.78 bits per heavy atom. The van der Waals surface area contributed by atoms with Crippen molar-refractivity contribution in [1.82, 2.24) is 5.43 Å². The van der Waals surface area contributed by atoms with Crippen LogP contribution in [0.2, 0.25) is 5.02 Å². The number of benzene rings is 2. The summed E-state index contributed by atoms with van der Waals surface area (Å²) in [6.45, 7) is 2.29. The van der Waals surface area contributed by atoms with Gasteiger partial charge in [-0.05, 0) is 30.2 Å². The summed E-state index contributed by atoms with van der Waals surface area (Å²) < 4.78 is 10.9. The molecular formula is C20H19ClN2O4. The van der Waals surface area contributed by atoms with Crippen LogP contribution in [0.25, 0.3) is 0 Å². The molecule has 140 valence electrons. The second kappa shape index (κ2) is 10.2. The van der Waals surface area contributed by atoms with Gasteiger partial charge in [0.1, 0.15) is 6.61 Å². The van der Waals surface area contributed by atoms with Crippen molar-refractivity contribution in [2.24, 2.45) is 5.10 Å². The van der Waals surface area contributed by atoms with Crippen LogP contribution in [0.15, 0.2) is 47.6 Å². The van der Waals surface area contributed by atoms with Gasteiger partial charge in [0.05, 0.1) is 17.8 Å². The number of rotatable bonds is 8. The van der Waals surface area contributed by atoms with E-state index < -0.39 is 12.0 Å². The number of hydrogen-bond acceptors (Lipinski definition) is 5. The summed E-state index contributed by atoms with van der Waals surface area (Å²) in [5, 5.41) is 14.2. The van der Waals surface area contributed by atoms with Crippen molar-refractivity contribution in [2.75, 3.05) is 13.2 Å². The highest BCUT2D eigenvalue weighted by atomic mass is 35.5. The van der Waals surface area contributed by atoms with Crippen molar-refractivity contribution in [3.63, 3.8) is 0 Å². The van der Waals surface area contributed by atoms with Crippen LogP contribution in [-0.2, 0) is 4.79 Å². The van der Waals surface area contributed by atoms with Gasteiger partial charge < -0.3 is 14.6 Å².